The predicted octanol–water partition coefficient (Wildman–Crippen LogP) is 9.85. The topological polar surface area (TPSA) is 0 Å². The van der Waals surface area contributed by atoms with Crippen molar-refractivity contribution in [2.75, 3.05) is 0 Å². The quantitative estimate of drug-likeness (QED) is 0.287. The first-order valence-corrected chi connectivity index (χ1v) is 14.7. The molecule has 6 bridgehead atoms. The minimum atomic E-state index is 0. The molecule has 0 aromatic carbocycles. The van der Waals surface area contributed by atoms with Gasteiger partial charge >= 0.3 is 17.4 Å². The van der Waals surface area contributed by atoms with E-state index in [2.05, 4.69) is 83.1 Å². The van der Waals surface area contributed by atoms with Gasteiger partial charge in [0.2, 0.25) is 0 Å². The van der Waals surface area contributed by atoms with Crippen LogP contribution in [0.2, 0.25) is 0 Å². The van der Waals surface area contributed by atoms with E-state index in [1.165, 1.54) is 38.5 Å². The third-order valence-corrected chi connectivity index (χ3v) is 13.4. The Morgan fingerprint density at radius 3 is 0.765 bits per heavy atom. The molecule has 6 fully saturated rings. The van der Waals surface area contributed by atoms with Crippen LogP contribution in [0.1, 0.15) is 122 Å². The second kappa shape index (κ2) is 9.69. The van der Waals surface area contributed by atoms with E-state index in [0.29, 0.717) is 16.2 Å². The van der Waals surface area contributed by atoms with Crippen molar-refractivity contribution in [3.8, 4) is 0 Å². The Kier molecular flexibility index (Phi) is 8.29. The maximum atomic E-state index is 2.45. The molecule has 6 aliphatic rings. The van der Waals surface area contributed by atoms with Gasteiger partial charge in [-0.1, -0.05) is 136 Å². The largest absolute Gasteiger partial charge is 3.00 e. The monoisotopic (exact) mass is 505 g/mol. The molecule has 0 aromatic heterocycles. The summed E-state index contributed by atoms with van der Waals surface area (Å²) in [5.74, 6) is 14.0. The van der Waals surface area contributed by atoms with E-state index in [-0.39, 0.29) is 17.4 Å². The molecule has 0 spiro atoms. The molecule has 0 N–H and O–H groups in total. The standard InChI is InChI=1S/3C11H19.Cr/c3*1-7-5-9-6-10(7)8(2)11(9,3)4;/h3*7-9H,5-6H2,1-4H3;/q3*-1;+3. The molecule has 6 aliphatic carbocycles. The van der Waals surface area contributed by atoms with Gasteiger partial charge in [-0.05, 0) is 0 Å². The zero-order chi connectivity index (χ0) is 24.7. The summed E-state index contributed by atoms with van der Waals surface area (Å²) in [4.78, 5) is 0. The average Bonchev–Trinajstić information content (AvgIpc) is 3.51. The van der Waals surface area contributed by atoms with Gasteiger partial charge in [0.05, 0.1) is 0 Å². The van der Waals surface area contributed by atoms with Crippen LogP contribution >= 0.6 is 0 Å². The van der Waals surface area contributed by atoms with Gasteiger partial charge in [-0.2, -0.15) is 54.8 Å². The second-order valence-electron chi connectivity index (χ2n) is 15.5. The van der Waals surface area contributed by atoms with Crippen LogP contribution in [0.3, 0.4) is 0 Å². The summed E-state index contributed by atoms with van der Waals surface area (Å²) >= 11 is 0. The van der Waals surface area contributed by atoms with E-state index in [1.807, 2.05) is 17.8 Å². The predicted molar refractivity (Wildman–Crippen MR) is 144 cm³/mol. The molecule has 195 valence electrons. The zero-order valence-corrected chi connectivity index (χ0v) is 26.1. The molecule has 6 rings (SSSR count). The van der Waals surface area contributed by atoms with Crippen molar-refractivity contribution in [3.05, 3.63) is 17.8 Å². The SMILES string of the molecule is CC1CC2C[C-]1C(C)C2(C)C.CC1CC2C[C-]1C(C)C2(C)C.CC1CC2C[C-]1C(C)C2(C)C.[Cr+3]. The van der Waals surface area contributed by atoms with Gasteiger partial charge in [-0.3, -0.25) is 0 Å². The van der Waals surface area contributed by atoms with Crippen LogP contribution in [0.4, 0.5) is 0 Å². The van der Waals surface area contributed by atoms with Gasteiger partial charge in [-0.25, -0.2) is 0 Å². The van der Waals surface area contributed by atoms with Gasteiger partial charge in [0.25, 0.3) is 0 Å². The van der Waals surface area contributed by atoms with Crippen molar-refractivity contribution in [2.24, 2.45) is 69.5 Å². The molecule has 34 heavy (non-hydrogen) atoms. The summed E-state index contributed by atoms with van der Waals surface area (Å²) in [6.45, 7) is 29.2. The van der Waals surface area contributed by atoms with Crippen molar-refractivity contribution < 1.29 is 17.4 Å². The normalized spacial score (nSPS) is 47.1. The first-order valence-electron chi connectivity index (χ1n) is 14.7. The van der Waals surface area contributed by atoms with Crippen LogP contribution in [0, 0.1) is 87.3 Å². The third kappa shape index (κ3) is 4.53. The molecule has 0 aromatic rings. The second-order valence-corrected chi connectivity index (χ2v) is 15.5. The Morgan fingerprint density at radius 1 is 0.441 bits per heavy atom. The molecular weight excluding hydrogens is 448 g/mol. The van der Waals surface area contributed by atoms with E-state index in [9.17, 15) is 0 Å². The Labute approximate surface area is 225 Å². The van der Waals surface area contributed by atoms with Crippen LogP contribution in [-0.4, -0.2) is 0 Å². The summed E-state index contributed by atoms with van der Waals surface area (Å²) in [5, 5.41) is 0. The maximum Gasteiger partial charge on any atom is 3.00 e. The molecule has 0 amide bonds. The van der Waals surface area contributed by atoms with Crippen LogP contribution in [0.15, 0.2) is 0 Å². The van der Waals surface area contributed by atoms with Gasteiger partial charge in [0.1, 0.15) is 0 Å². The van der Waals surface area contributed by atoms with Gasteiger partial charge in [0.15, 0.2) is 0 Å². The minimum absolute atomic E-state index is 0. The van der Waals surface area contributed by atoms with Crippen molar-refractivity contribution in [1.29, 1.82) is 0 Å². The van der Waals surface area contributed by atoms with Crippen molar-refractivity contribution in [2.45, 2.75) is 122 Å². The minimum Gasteiger partial charge on any atom is -0.307 e. The molecule has 0 nitrogen and oxygen atoms in total. The Morgan fingerprint density at radius 2 is 0.647 bits per heavy atom. The van der Waals surface area contributed by atoms with Crippen LogP contribution in [0.25, 0.3) is 0 Å². The van der Waals surface area contributed by atoms with Gasteiger partial charge < -0.3 is 17.8 Å². The van der Waals surface area contributed by atoms with Crippen molar-refractivity contribution in [1.82, 2.24) is 0 Å². The molecule has 1 heteroatoms. The molecule has 0 saturated heterocycles. The van der Waals surface area contributed by atoms with Crippen LogP contribution < -0.4 is 0 Å². The number of rotatable bonds is 0. The number of hydrogen-bond donors (Lipinski definition) is 0. The van der Waals surface area contributed by atoms with Crippen LogP contribution in [0.5, 0.6) is 0 Å². The van der Waals surface area contributed by atoms with Crippen LogP contribution in [-0.2, 0) is 17.4 Å². The average molecular weight is 506 g/mol. The van der Waals surface area contributed by atoms with E-state index in [0.717, 1.165) is 53.3 Å². The Hall–Kier alpha value is 0.532. The summed E-state index contributed by atoms with van der Waals surface area (Å²) in [6, 6.07) is 0. The number of fused-ring (bicyclic) bond motifs is 6. The molecule has 9 unspecified atom stereocenters. The smallest absolute Gasteiger partial charge is 0.307 e. The maximum absolute atomic E-state index is 2.45. The van der Waals surface area contributed by atoms with Crippen molar-refractivity contribution >= 4 is 0 Å². The molecule has 0 heterocycles. The van der Waals surface area contributed by atoms with E-state index >= 15 is 0 Å². The van der Waals surface area contributed by atoms with E-state index < -0.39 is 0 Å². The first kappa shape index (κ1) is 29.1. The Balaban J connectivity index is 0.000000141. The summed E-state index contributed by atoms with van der Waals surface area (Å²) < 4.78 is 0. The fraction of sp³-hybridized carbons (Fsp3) is 0.909. The number of hydrogen-bond acceptors (Lipinski definition) is 0. The summed E-state index contributed by atoms with van der Waals surface area (Å²) in [5.41, 5.74) is 1.84. The van der Waals surface area contributed by atoms with Gasteiger partial charge in [-0.15, -0.1) is 0 Å². The van der Waals surface area contributed by atoms with E-state index in [1.54, 1.807) is 0 Å². The van der Waals surface area contributed by atoms with Gasteiger partial charge in [0, 0.05) is 0 Å². The molecule has 1 radical (unpaired) electrons. The van der Waals surface area contributed by atoms with E-state index in [4.69, 9.17) is 0 Å². The Bertz CT molecular complexity index is 596. The zero-order valence-electron chi connectivity index (χ0n) is 24.8. The first-order chi connectivity index (χ1) is 15.1. The molecule has 6 saturated carbocycles. The molecular formula is C33H57Cr. The molecule has 0 aliphatic heterocycles. The fourth-order valence-corrected chi connectivity index (χ4v) is 9.45. The third-order valence-electron chi connectivity index (χ3n) is 13.4. The summed E-state index contributed by atoms with van der Waals surface area (Å²) in [6.07, 6.45) is 8.71. The van der Waals surface area contributed by atoms with Crippen molar-refractivity contribution in [3.63, 3.8) is 0 Å². The summed E-state index contributed by atoms with van der Waals surface area (Å²) in [7, 11) is 0. The fourth-order valence-electron chi connectivity index (χ4n) is 9.45. The molecule has 9 atom stereocenters.